The van der Waals surface area contributed by atoms with Crippen LogP contribution in [0.15, 0.2) is 43.0 Å². The minimum absolute atomic E-state index is 0.0746. The van der Waals surface area contributed by atoms with Crippen LogP contribution < -0.4 is 10.6 Å². The van der Waals surface area contributed by atoms with Gasteiger partial charge in [-0.25, -0.2) is 14.6 Å². The highest BCUT2D eigenvalue weighted by atomic mass is 16.5. The smallest absolute Gasteiger partial charge is 0.407 e. The van der Waals surface area contributed by atoms with Crippen molar-refractivity contribution in [2.75, 3.05) is 39.3 Å². The van der Waals surface area contributed by atoms with E-state index in [0.717, 1.165) is 18.4 Å². The number of urea groups is 1. The van der Waals surface area contributed by atoms with Crippen molar-refractivity contribution in [3.63, 3.8) is 0 Å². The Labute approximate surface area is 236 Å². The van der Waals surface area contributed by atoms with E-state index in [9.17, 15) is 19.2 Å². The molecule has 2 N–H and O–H groups in total. The fraction of sp³-hybridized carbons (Fsp3) is 0.517. The number of piperazine rings is 1. The number of carbonyl (C=O) groups is 4. The Bertz CT molecular complexity index is 1100. The van der Waals surface area contributed by atoms with Crippen LogP contribution in [-0.4, -0.2) is 95.3 Å². The Morgan fingerprint density at radius 2 is 1.95 bits per heavy atom. The topological polar surface area (TPSA) is 115 Å². The molecule has 3 rings (SSSR count). The summed E-state index contributed by atoms with van der Waals surface area (Å²) in [5.41, 5.74) is 0.945. The molecule has 2 aliphatic rings. The minimum Gasteiger partial charge on any atom is -0.445 e. The molecule has 5 amide bonds. The molecule has 40 heavy (non-hydrogen) atoms. The maximum absolute atomic E-state index is 13.7. The number of benzene rings is 1. The van der Waals surface area contributed by atoms with Crippen LogP contribution in [0.2, 0.25) is 0 Å². The van der Waals surface area contributed by atoms with Crippen LogP contribution in [0.25, 0.3) is 0 Å². The van der Waals surface area contributed by atoms with Crippen molar-refractivity contribution in [3.05, 3.63) is 48.6 Å². The van der Waals surface area contributed by atoms with Crippen molar-refractivity contribution in [2.24, 2.45) is 0 Å². The van der Waals surface area contributed by atoms with Gasteiger partial charge >= 0.3 is 12.1 Å². The number of rotatable bonds is 12. The number of hydrogen-bond donors (Lipinski definition) is 2. The summed E-state index contributed by atoms with van der Waals surface area (Å²) in [5.74, 6) is 5.43. The van der Waals surface area contributed by atoms with Crippen LogP contribution >= 0.6 is 0 Å². The van der Waals surface area contributed by atoms with E-state index >= 15 is 0 Å². The lowest BCUT2D eigenvalue weighted by Crippen LogP contribution is -2.76. The fourth-order valence-electron chi connectivity index (χ4n) is 4.86. The Balaban J connectivity index is 1.83. The van der Waals surface area contributed by atoms with Crippen LogP contribution in [0.3, 0.4) is 0 Å². The van der Waals surface area contributed by atoms with E-state index in [0.29, 0.717) is 25.9 Å². The monoisotopic (exact) mass is 552 g/mol. The second-order valence-corrected chi connectivity index (χ2v) is 9.63. The first kappa shape index (κ1) is 30.5. The third-order valence-corrected chi connectivity index (χ3v) is 6.80. The second-order valence-electron chi connectivity index (χ2n) is 9.63. The van der Waals surface area contributed by atoms with Crippen molar-refractivity contribution in [2.45, 2.75) is 58.3 Å². The number of unbranched alkanes of at least 4 members (excludes halogenated alkanes) is 1. The highest BCUT2D eigenvalue weighted by Gasteiger charge is 2.50. The molecule has 2 atom stereocenters. The fourth-order valence-corrected chi connectivity index (χ4v) is 4.86. The molecule has 2 aliphatic heterocycles. The highest BCUT2D eigenvalue weighted by Crippen LogP contribution is 2.28. The Morgan fingerprint density at radius 1 is 1.18 bits per heavy atom. The SMILES string of the molecule is C=CCOC(=O)NCCC[C@H]1C(=O)N(CCCC)C[C@H]2N1C(=O)CN(CC#CC)N2C(=O)NCc1ccccc1. The molecule has 0 saturated carbocycles. The standard InChI is InChI=1S/C29H40N6O5/c1-4-7-17-32-21-25-34(24(27(32)37)15-12-16-30-29(39)40-19-6-3)26(36)22-33(18-8-5-2)35(25)28(38)31-20-23-13-10-9-11-14-23/h6,9-11,13-14,24-25H,3-4,7,12,15-22H2,1-2H3,(H,30,39)(H,31,38)/t24-,25-/m0/s1. The van der Waals surface area contributed by atoms with Gasteiger partial charge in [-0.2, -0.15) is 5.01 Å². The maximum Gasteiger partial charge on any atom is 0.407 e. The van der Waals surface area contributed by atoms with E-state index in [2.05, 4.69) is 29.1 Å². The quantitative estimate of drug-likeness (QED) is 0.234. The average Bonchev–Trinajstić information content (AvgIpc) is 2.96. The number of hydrogen-bond acceptors (Lipinski definition) is 6. The van der Waals surface area contributed by atoms with Crippen molar-refractivity contribution < 1.29 is 23.9 Å². The lowest BCUT2D eigenvalue weighted by molar-refractivity contribution is -0.189. The van der Waals surface area contributed by atoms with Gasteiger partial charge in [-0.3, -0.25) is 9.59 Å². The van der Waals surface area contributed by atoms with Gasteiger partial charge < -0.3 is 25.2 Å². The molecule has 11 nitrogen and oxygen atoms in total. The Morgan fingerprint density at radius 3 is 2.65 bits per heavy atom. The van der Waals surface area contributed by atoms with E-state index in [1.165, 1.54) is 6.08 Å². The van der Waals surface area contributed by atoms with Gasteiger partial charge in [0, 0.05) is 19.6 Å². The van der Waals surface area contributed by atoms with Gasteiger partial charge in [0.1, 0.15) is 18.8 Å². The van der Waals surface area contributed by atoms with Crippen LogP contribution in [0, 0.1) is 11.8 Å². The van der Waals surface area contributed by atoms with Crippen molar-refractivity contribution in [1.82, 2.24) is 30.5 Å². The summed E-state index contributed by atoms with van der Waals surface area (Å²) in [6.07, 6.45) is 2.72. The van der Waals surface area contributed by atoms with E-state index in [1.54, 1.807) is 26.7 Å². The van der Waals surface area contributed by atoms with Gasteiger partial charge in [0.15, 0.2) is 0 Å². The first-order valence-electron chi connectivity index (χ1n) is 13.8. The van der Waals surface area contributed by atoms with Gasteiger partial charge in [0.05, 0.1) is 19.6 Å². The third-order valence-electron chi connectivity index (χ3n) is 6.80. The summed E-state index contributed by atoms with van der Waals surface area (Å²) in [4.78, 5) is 55.8. The molecule has 11 heteroatoms. The lowest BCUT2D eigenvalue weighted by atomic mass is 10.0. The molecule has 0 aromatic heterocycles. The van der Waals surface area contributed by atoms with E-state index in [-0.39, 0.29) is 50.6 Å². The molecule has 0 bridgehead atoms. The first-order chi connectivity index (χ1) is 19.4. The third kappa shape index (κ3) is 7.99. The van der Waals surface area contributed by atoms with E-state index in [1.807, 2.05) is 37.3 Å². The number of nitrogens with one attached hydrogen (secondary N) is 2. The van der Waals surface area contributed by atoms with Gasteiger partial charge in [-0.05, 0) is 31.7 Å². The number of alkyl carbamates (subject to hydrolysis) is 1. The molecule has 2 fully saturated rings. The number of carbonyl (C=O) groups excluding carboxylic acids is 4. The average molecular weight is 553 g/mol. The number of amides is 5. The lowest BCUT2D eigenvalue weighted by Gasteiger charge is -2.55. The largest absolute Gasteiger partial charge is 0.445 e. The molecule has 1 aromatic rings. The molecular formula is C29H40N6O5. The van der Waals surface area contributed by atoms with Crippen LogP contribution in [0.5, 0.6) is 0 Å². The normalized spacial score (nSPS) is 18.9. The molecular weight excluding hydrogens is 512 g/mol. The van der Waals surface area contributed by atoms with Gasteiger partial charge in [-0.15, -0.1) is 5.92 Å². The summed E-state index contributed by atoms with van der Waals surface area (Å²) in [6, 6.07) is 8.46. The summed E-state index contributed by atoms with van der Waals surface area (Å²) in [6.45, 7) is 8.84. The Hall–Kier alpha value is -4.04. The molecule has 0 spiro atoms. The van der Waals surface area contributed by atoms with E-state index in [4.69, 9.17) is 4.74 Å². The number of nitrogens with zero attached hydrogens (tertiary/aromatic N) is 4. The maximum atomic E-state index is 13.7. The first-order valence-corrected chi connectivity index (χ1v) is 13.8. The molecule has 2 saturated heterocycles. The minimum atomic E-state index is -0.752. The zero-order chi connectivity index (χ0) is 28.9. The summed E-state index contributed by atoms with van der Waals surface area (Å²) in [5, 5.41) is 8.84. The number of fused-ring (bicyclic) bond motifs is 1. The Kier molecular flexibility index (Phi) is 11.8. The van der Waals surface area contributed by atoms with E-state index < -0.39 is 18.3 Å². The van der Waals surface area contributed by atoms with Crippen LogP contribution in [0.4, 0.5) is 9.59 Å². The molecule has 2 heterocycles. The zero-order valence-electron chi connectivity index (χ0n) is 23.4. The number of ether oxygens (including phenoxy) is 1. The highest BCUT2D eigenvalue weighted by molar-refractivity contribution is 5.91. The van der Waals surface area contributed by atoms with Crippen LogP contribution in [-0.2, 0) is 20.9 Å². The molecule has 0 radical (unpaired) electrons. The summed E-state index contributed by atoms with van der Waals surface area (Å²) < 4.78 is 4.93. The van der Waals surface area contributed by atoms with Crippen molar-refractivity contribution in [1.29, 1.82) is 0 Å². The van der Waals surface area contributed by atoms with Crippen LogP contribution in [0.1, 0.15) is 45.1 Å². The molecule has 216 valence electrons. The predicted molar refractivity (Wildman–Crippen MR) is 150 cm³/mol. The molecule has 0 aliphatic carbocycles. The number of hydrazine groups is 1. The van der Waals surface area contributed by atoms with Crippen molar-refractivity contribution in [3.8, 4) is 11.8 Å². The summed E-state index contributed by atoms with van der Waals surface area (Å²) >= 11 is 0. The molecule has 1 aromatic carbocycles. The van der Waals surface area contributed by atoms with Crippen molar-refractivity contribution >= 4 is 23.9 Å². The van der Waals surface area contributed by atoms with Gasteiger partial charge in [-0.1, -0.05) is 62.3 Å². The van der Waals surface area contributed by atoms with Gasteiger partial charge in [0.2, 0.25) is 11.8 Å². The zero-order valence-corrected chi connectivity index (χ0v) is 23.4. The summed E-state index contributed by atoms with van der Waals surface area (Å²) in [7, 11) is 0. The van der Waals surface area contributed by atoms with Gasteiger partial charge in [0.25, 0.3) is 0 Å². The predicted octanol–water partition coefficient (Wildman–Crippen LogP) is 2.31. The second kappa shape index (κ2) is 15.5. The molecule has 0 unspecified atom stereocenters.